The number of carbonyl (C=O) groups excluding carboxylic acids is 1. The third-order valence-electron chi connectivity index (χ3n) is 2.47. The molecule has 0 aliphatic heterocycles. The summed E-state index contributed by atoms with van der Waals surface area (Å²) in [4.78, 5) is 11.8. The summed E-state index contributed by atoms with van der Waals surface area (Å²) in [5.74, 6) is -0.602. The Balaban J connectivity index is 2.08. The second kappa shape index (κ2) is 5.78. The van der Waals surface area contributed by atoms with E-state index in [4.69, 9.17) is 0 Å². The molecule has 1 amide bonds. The number of anilines is 1. The Morgan fingerprint density at radius 3 is 2.22 bits per heavy atom. The van der Waals surface area contributed by atoms with Gasteiger partial charge in [-0.1, -0.05) is 28.1 Å². The van der Waals surface area contributed by atoms with E-state index < -0.39 is 0 Å². The van der Waals surface area contributed by atoms with Crippen molar-refractivity contribution in [2.45, 2.75) is 5.33 Å². The molecule has 0 unspecified atom stereocenters. The molecule has 0 atom stereocenters. The number of alkyl halides is 1. The number of halogens is 2. The van der Waals surface area contributed by atoms with Crippen LogP contribution < -0.4 is 5.32 Å². The van der Waals surface area contributed by atoms with Gasteiger partial charge in [-0.25, -0.2) is 4.39 Å². The van der Waals surface area contributed by atoms with Crippen molar-refractivity contribution < 1.29 is 9.18 Å². The normalized spacial score (nSPS) is 10.1. The molecular weight excluding hydrogens is 297 g/mol. The minimum atomic E-state index is -0.353. The lowest BCUT2D eigenvalue weighted by molar-refractivity contribution is 0.102. The summed E-state index contributed by atoms with van der Waals surface area (Å²) in [6, 6.07) is 13.0. The molecule has 0 bridgehead atoms. The van der Waals surface area contributed by atoms with E-state index in [0.717, 1.165) is 10.9 Å². The first-order valence-electron chi connectivity index (χ1n) is 5.41. The lowest BCUT2D eigenvalue weighted by atomic mass is 10.2. The predicted molar refractivity (Wildman–Crippen MR) is 73.4 cm³/mol. The van der Waals surface area contributed by atoms with E-state index in [2.05, 4.69) is 21.2 Å². The number of benzene rings is 2. The van der Waals surface area contributed by atoms with Crippen LogP contribution in [0.15, 0.2) is 48.5 Å². The van der Waals surface area contributed by atoms with Gasteiger partial charge in [0.15, 0.2) is 0 Å². The monoisotopic (exact) mass is 307 g/mol. The number of hydrogen-bond acceptors (Lipinski definition) is 1. The van der Waals surface area contributed by atoms with Gasteiger partial charge in [-0.2, -0.15) is 0 Å². The van der Waals surface area contributed by atoms with Crippen molar-refractivity contribution in [3.8, 4) is 0 Å². The fourth-order valence-corrected chi connectivity index (χ4v) is 1.86. The second-order valence-corrected chi connectivity index (χ2v) is 4.35. The largest absolute Gasteiger partial charge is 0.322 e. The topological polar surface area (TPSA) is 29.1 Å². The zero-order valence-corrected chi connectivity index (χ0v) is 11.1. The van der Waals surface area contributed by atoms with E-state index in [9.17, 15) is 9.18 Å². The van der Waals surface area contributed by atoms with Crippen LogP contribution in [0.25, 0.3) is 0 Å². The lowest BCUT2D eigenvalue weighted by Crippen LogP contribution is -2.11. The Bertz CT molecular complexity index is 537. The first kappa shape index (κ1) is 12.8. The highest BCUT2D eigenvalue weighted by molar-refractivity contribution is 9.08. The van der Waals surface area contributed by atoms with Crippen molar-refractivity contribution in [3.05, 3.63) is 65.5 Å². The number of carbonyl (C=O) groups is 1. The molecule has 0 heterocycles. The van der Waals surface area contributed by atoms with E-state index >= 15 is 0 Å². The molecule has 0 fully saturated rings. The molecule has 0 radical (unpaired) electrons. The maximum atomic E-state index is 12.7. The number of hydrogen-bond donors (Lipinski definition) is 1. The summed E-state index contributed by atoms with van der Waals surface area (Å²) < 4.78 is 12.7. The van der Waals surface area contributed by atoms with Crippen molar-refractivity contribution in [3.63, 3.8) is 0 Å². The number of amides is 1. The summed E-state index contributed by atoms with van der Waals surface area (Å²) >= 11 is 3.35. The van der Waals surface area contributed by atoms with Crippen LogP contribution in [0.3, 0.4) is 0 Å². The average molecular weight is 308 g/mol. The fourth-order valence-electron chi connectivity index (χ4n) is 1.48. The van der Waals surface area contributed by atoms with Gasteiger partial charge in [0.05, 0.1) is 0 Å². The molecular formula is C14H11BrFNO. The van der Waals surface area contributed by atoms with Gasteiger partial charge in [0.2, 0.25) is 0 Å². The first-order chi connectivity index (χ1) is 8.69. The van der Waals surface area contributed by atoms with Crippen LogP contribution in [0.1, 0.15) is 15.9 Å². The Labute approximate surface area is 113 Å². The molecule has 0 aliphatic rings. The van der Waals surface area contributed by atoms with E-state index in [1.165, 1.54) is 24.3 Å². The summed E-state index contributed by atoms with van der Waals surface area (Å²) in [6.45, 7) is 0. The highest BCUT2D eigenvalue weighted by Gasteiger charge is 2.05. The maximum absolute atomic E-state index is 12.7. The van der Waals surface area contributed by atoms with Crippen LogP contribution in [-0.4, -0.2) is 5.91 Å². The number of rotatable bonds is 3. The van der Waals surface area contributed by atoms with Crippen LogP contribution in [0.5, 0.6) is 0 Å². The van der Waals surface area contributed by atoms with Crippen molar-refractivity contribution in [1.29, 1.82) is 0 Å². The van der Waals surface area contributed by atoms with E-state index in [1.807, 2.05) is 24.3 Å². The maximum Gasteiger partial charge on any atom is 0.255 e. The smallest absolute Gasteiger partial charge is 0.255 e. The summed E-state index contributed by atoms with van der Waals surface area (Å²) in [5, 5.41) is 3.53. The zero-order chi connectivity index (χ0) is 13.0. The third kappa shape index (κ3) is 3.17. The second-order valence-electron chi connectivity index (χ2n) is 3.79. The van der Waals surface area contributed by atoms with Crippen LogP contribution >= 0.6 is 15.9 Å². The van der Waals surface area contributed by atoms with E-state index in [0.29, 0.717) is 11.3 Å². The molecule has 0 aliphatic carbocycles. The van der Waals surface area contributed by atoms with E-state index in [1.54, 1.807) is 0 Å². The minimum Gasteiger partial charge on any atom is -0.322 e. The van der Waals surface area contributed by atoms with E-state index in [-0.39, 0.29) is 11.7 Å². The number of nitrogens with one attached hydrogen (secondary N) is 1. The van der Waals surface area contributed by atoms with Gasteiger partial charge in [-0.3, -0.25) is 4.79 Å². The van der Waals surface area contributed by atoms with Crippen molar-refractivity contribution in [2.24, 2.45) is 0 Å². The molecule has 2 aromatic rings. The van der Waals surface area contributed by atoms with Crippen molar-refractivity contribution in [2.75, 3.05) is 5.32 Å². The molecule has 1 N–H and O–H groups in total. The van der Waals surface area contributed by atoms with Gasteiger partial charge in [0.1, 0.15) is 5.82 Å². The molecule has 2 nitrogen and oxygen atoms in total. The van der Waals surface area contributed by atoms with Crippen molar-refractivity contribution in [1.82, 2.24) is 0 Å². The van der Waals surface area contributed by atoms with Crippen LogP contribution in [-0.2, 0) is 5.33 Å². The Morgan fingerprint density at radius 2 is 1.67 bits per heavy atom. The van der Waals surface area contributed by atoms with Gasteiger partial charge in [0.25, 0.3) is 5.91 Å². The molecule has 0 saturated carbocycles. The zero-order valence-electron chi connectivity index (χ0n) is 9.49. The predicted octanol–water partition coefficient (Wildman–Crippen LogP) is 3.97. The van der Waals surface area contributed by atoms with Crippen LogP contribution in [0, 0.1) is 5.82 Å². The van der Waals surface area contributed by atoms with Gasteiger partial charge in [-0.05, 0) is 42.0 Å². The fraction of sp³-hybridized carbons (Fsp3) is 0.0714. The van der Waals surface area contributed by atoms with Gasteiger partial charge in [0, 0.05) is 16.6 Å². The first-order valence-corrected chi connectivity index (χ1v) is 6.53. The Kier molecular flexibility index (Phi) is 4.10. The van der Waals surface area contributed by atoms with Crippen LogP contribution in [0.2, 0.25) is 0 Å². The third-order valence-corrected chi connectivity index (χ3v) is 3.12. The standard InChI is InChI=1S/C14H11BrFNO/c15-9-10-1-7-13(8-2-10)17-14(18)11-3-5-12(16)6-4-11/h1-8H,9H2,(H,17,18). The molecule has 0 saturated heterocycles. The van der Waals surface area contributed by atoms with Crippen LogP contribution in [0.4, 0.5) is 10.1 Å². The van der Waals surface area contributed by atoms with Gasteiger partial charge >= 0.3 is 0 Å². The Hall–Kier alpha value is -1.68. The molecule has 2 aromatic carbocycles. The molecule has 92 valence electrons. The molecule has 2 rings (SSSR count). The quantitative estimate of drug-likeness (QED) is 0.854. The lowest BCUT2D eigenvalue weighted by Gasteiger charge is -2.05. The molecule has 4 heteroatoms. The Morgan fingerprint density at radius 1 is 1.06 bits per heavy atom. The van der Waals surface area contributed by atoms with Gasteiger partial charge in [-0.15, -0.1) is 0 Å². The highest BCUT2D eigenvalue weighted by atomic mass is 79.9. The minimum absolute atomic E-state index is 0.249. The molecule has 0 spiro atoms. The molecule has 0 aromatic heterocycles. The van der Waals surface area contributed by atoms with Crippen molar-refractivity contribution >= 4 is 27.5 Å². The average Bonchev–Trinajstić information content (AvgIpc) is 2.40. The summed E-state index contributed by atoms with van der Waals surface area (Å²) in [5.41, 5.74) is 2.28. The van der Waals surface area contributed by atoms with Gasteiger partial charge < -0.3 is 5.32 Å². The SMILES string of the molecule is O=C(Nc1ccc(CBr)cc1)c1ccc(F)cc1. The summed E-state index contributed by atoms with van der Waals surface area (Å²) in [7, 11) is 0. The molecule has 18 heavy (non-hydrogen) atoms. The highest BCUT2D eigenvalue weighted by Crippen LogP contribution is 2.13. The summed E-state index contributed by atoms with van der Waals surface area (Å²) in [6.07, 6.45) is 0.